The summed E-state index contributed by atoms with van der Waals surface area (Å²) in [6, 6.07) is 4.72. The molecule has 1 aromatic rings. The van der Waals surface area contributed by atoms with Gasteiger partial charge in [0.25, 0.3) is 0 Å². The number of aromatic nitrogens is 1. The monoisotopic (exact) mass is 220 g/mol. The summed E-state index contributed by atoms with van der Waals surface area (Å²) in [4.78, 5) is 6.71. The van der Waals surface area contributed by atoms with E-state index in [2.05, 4.69) is 22.0 Å². The molecule has 3 heteroatoms. The van der Waals surface area contributed by atoms with E-state index >= 15 is 0 Å². The molecule has 1 aliphatic carbocycles. The first-order valence-electron chi connectivity index (χ1n) is 6.11. The molecule has 1 N–H and O–H groups in total. The molecule has 1 saturated carbocycles. The Hall–Kier alpha value is -1.09. The van der Waals surface area contributed by atoms with E-state index in [4.69, 9.17) is 5.11 Å². The minimum absolute atomic E-state index is 0.200. The van der Waals surface area contributed by atoms with Crippen molar-refractivity contribution in [3.8, 4) is 0 Å². The van der Waals surface area contributed by atoms with Crippen molar-refractivity contribution in [2.45, 2.75) is 38.6 Å². The van der Waals surface area contributed by atoms with Crippen LogP contribution in [-0.4, -0.2) is 29.3 Å². The van der Waals surface area contributed by atoms with Gasteiger partial charge in [-0.05, 0) is 31.4 Å². The Morgan fingerprint density at radius 1 is 1.38 bits per heavy atom. The fourth-order valence-electron chi connectivity index (χ4n) is 2.44. The Kier molecular flexibility index (Phi) is 3.78. The van der Waals surface area contributed by atoms with Gasteiger partial charge in [-0.2, -0.15) is 0 Å². The summed E-state index contributed by atoms with van der Waals surface area (Å²) >= 11 is 0. The van der Waals surface area contributed by atoms with E-state index in [1.807, 2.05) is 13.1 Å². The molecule has 1 heterocycles. The van der Waals surface area contributed by atoms with Crippen LogP contribution in [0.25, 0.3) is 0 Å². The number of aliphatic hydroxyl groups is 1. The first-order valence-corrected chi connectivity index (χ1v) is 6.11. The average molecular weight is 220 g/mol. The lowest BCUT2D eigenvalue weighted by molar-refractivity contribution is 0.297. The molecular formula is C13H20N2O. The summed E-state index contributed by atoms with van der Waals surface area (Å²) in [6.07, 6.45) is 6.97. The quantitative estimate of drug-likeness (QED) is 0.844. The first kappa shape index (κ1) is 11.4. The van der Waals surface area contributed by atoms with Gasteiger partial charge in [0.15, 0.2) is 0 Å². The average Bonchev–Trinajstić information content (AvgIpc) is 2.81. The number of aryl methyl sites for hydroxylation is 1. The second-order valence-electron chi connectivity index (χ2n) is 4.55. The summed E-state index contributed by atoms with van der Waals surface area (Å²) in [5, 5.41) is 9.14. The summed E-state index contributed by atoms with van der Waals surface area (Å²) in [5.41, 5.74) is 1.18. The standard InChI is InChI=1S/C13H20N2O/c1-11-6-7-13(14-10-11)15(8-9-16)12-4-2-3-5-12/h6-7,10,12,16H,2-5,8-9H2,1H3. The molecule has 0 aromatic carbocycles. The lowest BCUT2D eigenvalue weighted by Crippen LogP contribution is -2.36. The van der Waals surface area contributed by atoms with Crippen LogP contribution in [0.1, 0.15) is 31.2 Å². The number of rotatable bonds is 4. The largest absolute Gasteiger partial charge is 0.395 e. The smallest absolute Gasteiger partial charge is 0.128 e. The zero-order chi connectivity index (χ0) is 11.4. The highest BCUT2D eigenvalue weighted by Crippen LogP contribution is 2.26. The first-order chi connectivity index (χ1) is 7.81. The second kappa shape index (κ2) is 5.30. The van der Waals surface area contributed by atoms with E-state index in [9.17, 15) is 0 Å². The highest BCUT2D eigenvalue weighted by Gasteiger charge is 2.22. The van der Waals surface area contributed by atoms with Crippen molar-refractivity contribution in [2.24, 2.45) is 0 Å². The molecule has 88 valence electrons. The molecule has 0 aliphatic heterocycles. The van der Waals surface area contributed by atoms with E-state index in [0.717, 1.165) is 5.82 Å². The van der Waals surface area contributed by atoms with Gasteiger partial charge in [0.1, 0.15) is 5.82 Å². The van der Waals surface area contributed by atoms with Crippen LogP contribution in [-0.2, 0) is 0 Å². The summed E-state index contributed by atoms with van der Waals surface area (Å²) in [6.45, 7) is 2.94. The number of hydrogen-bond acceptors (Lipinski definition) is 3. The molecule has 0 amide bonds. The second-order valence-corrected chi connectivity index (χ2v) is 4.55. The van der Waals surface area contributed by atoms with Crippen LogP contribution in [0.2, 0.25) is 0 Å². The van der Waals surface area contributed by atoms with E-state index in [1.54, 1.807) is 0 Å². The molecule has 0 spiro atoms. The van der Waals surface area contributed by atoms with Crippen molar-refractivity contribution in [1.29, 1.82) is 0 Å². The van der Waals surface area contributed by atoms with Crippen LogP contribution in [0.3, 0.4) is 0 Å². The molecule has 0 unspecified atom stereocenters. The third kappa shape index (κ3) is 2.53. The maximum Gasteiger partial charge on any atom is 0.128 e. The molecule has 0 bridgehead atoms. The lowest BCUT2D eigenvalue weighted by atomic mass is 10.2. The lowest BCUT2D eigenvalue weighted by Gasteiger charge is -2.29. The minimum atomic E-state index is 0.200. The molecule has 3 nitrogen and oxygen atoms in total. The van der Waals surface area contributed by atoms with Crippen molar-refractivity contribution < 1.29 is 5.11 Å². The highest BCUT2D eigenvalue weighted by molar-refractivity contribution is 5.40. The van der Waals surface area contributed by atoms with Crippen LogP contribution in [0.4, 0.5) is 5.82 Å². The van der Waals surface area contributed by atoms with Gasteiger partial charge in [-0.25, -0.2) is 4.98 Å². The molecule has 1 aromatic heterocycles. The minimum Gasteiger partial charge on any atom is -0.395 e. The third-order valence-electron chi connectivity index (χ3n) is 3.30. The normalized spacial score (nSPS) is 16.6. The van der Waals surface area contributed by atoms with E-state index in [0.29, 0.717) is 12.6 Å². The van der Waals surface area contributed by atoms with Crippen LogP contribution in [0, 0.1) is 6.92 Å². The Bertz CT molecular complexity index is 317. The van der Waals surface area contributed by atoms with Gasteiger partial charge in [-0.1, -0.05) is 18.9 Å². The molecule has 0 atom stereocenters. The molecule has 0 saturated heterocycles. The van der Waals surface area contributed by atoms with Crippen LogP contribution >= 0.6 is 0 Å². The fourth-order valence-corrected chi connectivity index (χ4v) is 2.44. The van der Waals surface area contributed by atoms with Crippen LogP contribution < -0.4 is 4.90 Å². The van der Waals surface area contributed by atoms with Gasteiger partial charge in [0.05, 0.1) is 6.61 Å². The number of anilines is 1. The maximum atomic E-state index is 9.14. The number of pyridine rings is 1. The van der Waals surface area contributed by atoms with E-state index in [1.165, 1.54) is 31.2 Å². The molecule has 1 aliphatic rings. The maximum absolute atomic E-state index is 9.14. The van der Waals surface area contributed by atoms with Gasteiger partial charge in [0, 0.05) is 18.8 Å². The molecule has 2 rings (SSSR count). The summed E-state index contributed by atoms with van der Waals surface area (Å²) < 4.78 is 0. The van der Waals surface area contributed by atoms with Crippen molar-refractivity contribution in [3.63, 3.8) is 0 Å². The molecular weight excluding hydrogens is 200 g/mol. The number of aliphatic hydroxyl groups excluding tert-OH is 1. The zero-order valence-corrected chi connectivity index (χ0v) is 9.89. The number of hydrogen-bond donors (Lipinski definition) is 1. The van der Waals surface area contributed by atoms with Crippen molar-refractivity contribution in [1.82, 2.24) is 4.98 Å². The third-order valence-corrected chi connectivity index (χ3v) is 3.30. The predicted molar refractivity (Wildman–Crippen MR) is 65.7 cm³/mol. The topological polar surface area (TPSA) is 36.4 Å². The van der Waals surface area contributed by atoms with Gasteiger partial charge < -0.3 is 10.0 Å². The van der Waals surface area contributed by atoms with E-state index < -0.39 is 0 Å². The van der Waals surface area contributed by atoms with Gasteiger partial charge in [-0.15, -0.1) is 0 Å². The highest BCUT2D eigenvalue weighted by atomic mass is 16.3. The zero-order valence-electron chi connectivity index (χ0n) is 9.89. The van der Waals surface area contributed by atoms with Crippen LogP contribution in [0.5, 0.6) is 0 Å². The Morgan fingerprint density at radius 3 is 2.69 bits per heavy atom. The predicted octanol–water partition coefficient (Wildman–Crippen LogP) is 2.13. The molecule has 0 radical (unpaired) electrons. The molecule has 1 fully saturated rings. The van der Waals surface area contributed by atoms with E-state index in [-0.39, 0.29) is 6.61 Å². The van der Waals surface area contributed by atoms with Gasteiger partial charge in [-0.3, -0.25) is 0 Å². The number of nitrogens with zero attached hydrogens (tertiary/aromatic N) is 2. The summed E-state index contributed by atoms with van der Waals surface area (Å²) in [7, 11) is 0. The van der Waals surface area contributed by atoms with Crippen LogP contribution in [0.15, 0.2) is 18.3 Å². The fraction of sp³-hybridized carbons (Fsp3) is 0.615. The summed E-state index contributed by atoms with van der Waals surface area (Å²) in [5.74, 6) is 1.01. The SMILES string of the molecule is Cc1ccc(N(CCO)C2CCCC2)nc1. The van der Waals surface area contributed by atoms with Crippen molar-refractivity contribution in [2.75, 3.05) is 18.1 Å². The Labute approximate surface area is 97.1 Å². The molecule has 16 heavy (non-hydrogen) atoms. The van der Waals surface area contributed by atoms with Crippen molar-refractivity contribution in [3.05, 3.63) is 23.9 Å². The van der Waals surface area contributed by atoms with Gasteiger partial charge in [0.2, 0.25) is 0 Å². The van der Waals surface area contributed by atoms with Crippen molar-refractivity contribution >= 4 is 5.82 Å². The Balaban J connectivity index is 2.14. The Morgan fingerprint density at radius 2 is 2.12 bits per heavy atom. The van der Waals surface area contributed by atoms with Gasteiger partial charge >= 0.3 is 0 Å².